The van der Waals surface area contributed by atoms with Crippen molar-refractivity contribution in [3.05, 3.63) is 23.7 Å². The summed E-state index contributed by atoms with van der Waals surface area (Å²) < 4.78 is 5.17. The van der Waals surface area contributed by atoms with E-state index in [2.05, 4.69) is 5.32 Å². The first-order chi connectivity index (χ1) is 8.38. The minimum atomic E-state index is -0.866. The van der Waals surface area contributed by atoms with Crippen LogP contribution in [0.5, 0.6) is 0 Å². The minimum absolute atomic E-state index is 0.221. The molecule has 0 fully saturated rings. The van der Waals surface area contributed by atoms with Crippen LogP contribution >= 0.6 is 0 Å². The van der Waals surface area contributed by atoms with Crippen molar-refractivity contribution in [1.82, 2.24) is 5.32 Å². The third-order valence-corrected chi connectivity index (χ3v) is 2.93. The van der Waals surface area contributed by atoms with Gasteiger partial charge in [0.2, 0.25) is 0 Å². The average Bonchev–Trinajstić information content (AvgIpc) is 2.76. The molecule has 0 radical (unpaired) electrons. The van der Waals surface area contributed by atoms with Gasteiger partial charge in [-0.2, -0.15) is 0 Å². The van der Waals surface area contributed by atoms with Crippen molar-refractivity contribution < 1.29 is 19.1 Å². The van der Waals surface area contributed by atoms with Crippen LogP contribution in [0.2, 0.25) is 0 Å². The fraction of sp³-hybridized carbons (Fsp3) is 0.538. The molecule has 0 aliphatic heterocycles. The minimum Gasteiger partial charge on any atom is -0.481 e. The third kappa shape index (κ3) is 3.35. The van der Waals surface area contributed by atoms with E-state index in [4.69, 9.17) is 9.52 Å². The van der Waals surface area contributed by atoms with Gasteiger partial charge in [-0.1, -0.05) is 6.92 Å². The molecule has 18 heavy (non-hydrogen) atoms. The number of aliphatic carboxylic acids is 1. The molecule has 0 saturated heterocycles. The highest BCUT2D eigenvalue weighted by atomic mass is 16.4. The summed E-state index contributed by atoms with van der Waals surface area (Å²) in [7, 11) is 0. The summed E-state index contributed by atoms with van der Waals surface area (Å²) in [5.74, 6) is -0.443. The predicted molar refractivity (Wildman–Crippen MR) is 66.5 cm³/mol. The normalized spacial score (nSPS) is 11.3. The zero-order valence-electron chi connectivity index (χ0n) is 10.9. The molecule has 1 rings (SSSR count). The molecule has 0 spiro atoms. The second-order valence-electron chi connectivity index (χ2n) is 4.81. The highest BCUT2D eigenvalue weighted by molar-refractivity contribution is 5.95. The van der Waals surface area contributed by atoms with E-state index in [1.807, 2.05) is 6.92 Å². The number of nitrogens with one attached hydrogen (secondary N) is 1. The number of carbonyl (C=O) groups is 2. The Labute approximate surface area is 106 Å². The zero-order valence-corrected chi connectivity index (χ0v) is 10.9. The number of rotatable bonds is 6. The molecule has 100 valence electrons. The van der Waals surface area contributed by atoms with Crippen LogP contribution in [0.15, 0.2) is 16.7 Å². The van der Waals surface area contributed by atoms with Gasteiger partial charge in [0.25, 0.3) is 5.91 Å². The lowest BCUT2D eigenvalue weighted by Crippen LogP contribution is -2.32. The topological polar surface area (TPSA) is 79.5 Å². The Kier molecular flexibility index (Phi) is 4.53. The number of carboxylic acids is 1. The van der Waals surface area contributed by atoms with Crippen molar-refractivity contribution in [3.8, 4) is 0 Å². The van der Waals surface area contributed by atoms with E-state index in [1.165, 1.54) is 6.26 Å². The van der Waals surface area contributed by atoms with E-state index in [9.17, 15) is 9.59 Å². The SMILES string of the molecule is CCc1occc1C(=O)NCCC(C)(C)C(=O)O. The number of carboxylic acid groups (broad SMARTS) is 1. The molecule has 2 N–H and O–H groups in total. The lowest BCUT2D eigenvalue weighted by molar-refractivity contribution is -0.147. The molecule has 5 heteroatoms. The largest absolute Gasteiger partial charge is 0.481 e. The lowest BCUT2D eigenvalue weighted by atomic mass is 9.90. The number of carbonyl (C=O) groups excluding carboxylic acids is 1. The second kappa shape index (κ2) is 5.71. The van der Waals surface area contributed by atoms with E-state index >= 15 is 0 Å². The Balaban J connectivity index is 2.50. The van der Waals surface area contributed by atoms with Crippen LogP contribution in [-0.4, -0.2) is 23.5 Å². The summed E-state index contributed by atoms with van der Waals surface area (Å²) in [5, 5.41) is 11.7. The van der Waals surface area contributed by atoms with E-state index in [0.717, 1.165) is 0 Å². The summed E-state index contributed by atoms with van der Waals surface area (Å²) in [6.07, 6.45) is 2.51. The first-order valence-corrected chi connectivity index (χ1v) is 5.96. The van der Waals surface area contributed by atoms with Crippen LogP contribution in [0.4, 0.5) is 0 Å². The van der Waals surface area contributed by atoms with Crippen molar-refractivity contribution in [2.75, 3.05) is 6.54 Å². The van der Waals surface area contributed by atoms with Gasteiger partial charge in [-0.05, 0) is 26.3 Å². The standard InChI is InChI=1S/C13H19NO4/c1-4-10-9(5-8-18-10)11(15)14-7-6-13(2,3)12(16)17/h5,8H,4,6-7H2,1-3H3,(H,14,15)(H,16,17). The maximum Gasteiger partial charge on any atom is 0.309 e. The molecule has 0 unspecified atom stereocenters. The van der Waals surface area contributed by atoms with Crippen LogP contribution < -0.4 is 5.32 Å². The summed E-state index contributed by atoms with van der Waals surface area (Å²) in [5.41, 5.74) is -0.317. The Morgan fingerprint density at radius 3 is 2.67 bits per heavy atom. The van der Waals surface area contributed by atoms with Crippen LogP contribution in [-0.2, 0) is 11.2 Å². The number of hydrogen-bond donors (Lipinski definition) is 2. The molecular weight excluding hydrogens is 234 g/mol. The van der Waals surface area contributed by atoms with Gasteiger partial charge in [0, 0.05) is 13.0 Å². The van der Waals surface area contributed by atoms with Crippen LogP contribution in [0.1, 0.15) is 43.3 Å². The van der Waals surface area contributed by atoms with Gasteiger partial charge in [-0.3, -0.25) is 9.59 Å². The Morgan fingerprint density at radius 2 is 2.11 bits per heavy atom. The summed E-state index contributed by atoms with van der Waals surface area (Å²) >= 11 is 0. The number of hydrogen-bond acceptors (Lipinski definition) is 3. The highest BCUT2D eigenvalue weighted by Crippen LogP contribution is 2.19. The first kappa shape index (κ1) is 14.3. The van der Waals surface area contributed by atoms with Crippen molar-refractivity contribution in [2.45, 2.75) is 33.6 Å². The average molecular weight is 253 g/mol. The summed E-state index contributed by atoms with van der Waals surface area (Å²) in [6, 6.07) is 1.62. The van der Waals surface area contributed by atoms with Gasteiger partial charge in [0.05, 0.1) is 17.2 Å². The quantitative estimate of drug-likeness (QED) is 0.813. The molecule has 1 aromatic rings. The van der Waals surface area contributed by atoms with Gasteiger partial charge in [-0.25, -0.2) is 0 Å². The number of amides is 1. The lowest BCUT2D eigenvalue weighted by Gasteiger charge is -2.18. The summed E-state index contributed by atoms with van der Waals surface area (Å²) in [4.78, 5) is 22.7. The predicted octanol–water partition coefficient (Wildman–Crippen LogP) is 2.07. The third-order valence-electron chi connectivity index (χ3n) is 2.93. The van der Waals surface area contributed by atoms with Crippen molar-refractivity contribution in [1.29, 1.82) is 0 Å². The van der Waals surface area contributed by atoms with Crippen molar-refractivity contribution >= 4 is 11.9 Å². The Hall–Kier alpha value is -1.78. The van der Waals surface area contributed by atoms with Crippen LogP contribution in [0.3, 0.4) is 0 Å². The smallest absolute Gasteiger partial charge is 0.309 e. The molecular formula is C13H19NO4. The van der Waals surface area contributed by atoms with Crippen molar-refractivity contribution in [2.24, 2.45) is 5.41 Å². The maximum atomic E-state index is 11.8. The molecule has 0 bridgehead atoms. The molecule has 5 nitrogen and oxygen atoms in total. The maximum absolute atomic E-state index is 11.8. The Bertz CT molecular complexity index is 434. The molecule has 1 amide bonds. The van der Waals surface area contributed by atoms with Crippen molar-refractivity contribution in [3.63, 3.8) is 0 Å². The molecule has 0 atom stereocenters. The van der Waals surface area contributed by atoms with E-state index in [1.54, 1.807) is 19.9 Å². The molecule has 0 aliphatic rings. The highest BCUT2D eigenvalue weighted by Gasteiger charge is 2.26. The zero-order chi connectivity index (χ0) is 13.8. The molecule has 1 heterocycles. The fourth-order valence-corrected chi connectivity index (χ4v) is 1.51. The first-order valence-electron chi connectivity index (χ1n) is 5.96. The van der Waals surface area contributed by atoms with Gasteiger partial charge < -0.3 is 14.8 Å². The monoisotopic (exact) mass is 253 g/mol. The fourth-order valence-electron chi connectivity index (χ4n) is 1.51. The molecule has 0 saturated carbocycles. The van der Waals surface area contributed by atoms with Gasteiger partial charge >= 0.3 is 5.97 Å². The number of furan rings is 1. The van der Waals surface area contributed by atoms with Gasteiger partial charge in [0.15, 0.2) is 0 Å². The van der Waals surface area contributed by atoms with Crippen LogP contribution in [0, 0.1) is 5.41 Å². The van der Waals surface area contributed by atoms with Gasteiger partial charge in [-0.15, -0.1) is 0 Å². The van der Waals surface area contributed by atoms with Crippen LogP contribution in [0.25, 0.3) is 0 Å². The molecule has 1 aromatic heterocycles. The van der Waals surface area contributed by atoms with E-state index in [0.29, 0.717) is 30.7 Å². The second-order valence-corrected chi connectivity index (χ2v) is 4.81. The summed E-state index contributed by atoms with van der Waals surface area (Å²) in [6.45, 7) is 5.50. The molecule has 0 aliphatic carbocycles. The van der Waals surface area contributed by atoms with E-state index < -0.39 is 11.4 Å². The van der Waals surface area contributed by atoms with E-state index in [-0.39, 0.29) is 5.91 Å². The van der Waals surface area contributed by atoms with Gasteiger partial charge in [0.1, 0.15) is 5.76 Å². The number of aryl methyl sites for hydroxylation is 1. The molecule has 0 aromatic carbocycles. The Morgan fingerprint density at radius 1 is 1.44 bits per heavy atom.